The minimum Gasteiger partial charge on any atom is -0.357 e. The zero-order valence-electron chi connectivity index (χ0n) is 19.5. The summed E-state index contributed by atoms with van der Waals surface area (Å²) in [5, 5.41) is 6.76. The van der Waals surface area contributed by atoms with Crippen molar-refractivity contribution in [3.05, 3.63) is 71.3 Å². The predicted molar refractivity (Wildman–Crippen MR) is 145 cm³/mol. The molecule has 0 aliphatic rings. The van der Waals surface area contributed by atoms with E-state index in [0.29, 0.717) is 12.6 Å². The fraction of sp³-hybridized carbons (Fsp3) is 0.458. The third-order valence-corrected chi connectivity index (χ3v) is 6.19. The van der Waals surface area contributed by atoms with Crippen LogP contribution in [0.2, 0.25) is 0 Å². The van der Waals surface area contributed by atoms with Gasteiger partial charge in [0.25, 0.3) is 0 Å². The van der Waals surface area contributed by atoms with Crippen molar-refractivity contribution in [2.24, 2.45) is 4.99 Å². The molecule has 0 saturated heterocycles. The SMILES string of the molecule is CCNC(=NCc1ccc(CS(=O)(=O)NC(C)C)cc1)NC(C)CCc1ccccc1.I. The van der Waals surface area contributed by atoms with Gasteiger partial charge in [0.15, 0.2) is 5.96 Å². The first-order valence-electron chi connectivity index (χ1n) is 10.9. The zero-order chi connectivity index (χ0) is 22.7. The highest BCUT2D eigenvalue weighted by molar-refractivity contribution is 14.0. The molecule has 3 N–H and O–H groups in total. The number of aliphatic imine (C=N–C) groups is 1. The van der Waals surface area contributed by atoms with Crippen LogP contribution in [0.4, 0.5) is 0 Å². The van der Waals surface area contributed by atoms with Crippen LogP contribution in [0.1, 0.15) is 50.8 Å². The fourth-order valence-corrected chi connectivity index (χ4v) is 4.62. The van der Waals surface area contributed by atoms with Gasteiger partial charge >= 0.3 is 0 Å². The molecule has 1 atom stereocenters. The van der Waals surface area contributed by atoms with Crippen molar-refractivity contribution < 1.29 is 8.42 Å². The van der Waals surface area contributed by atoms with E-state index in [9.17, 15) is 8.42 Å². The first kappa shape index (κ1) is 28.4. The molecule has 1 unspecified atom stereocenters. The van der Waals surface area contributed by atoms with Crippen molar-refractivity contribution in [3.8, 4) is 0 Å². The largest absolute Gasteiger partial charge is 0.357 e. The number of rotatable bonds is 11. The van der Waals surface area contributed by atoms with Gasteiger partial charge in [-0.25, -0.2) is 18.1 Å². The van der Waals surface area contributed by atoms with Crippen LogP contribution in [0.5, 0.6) is 0 Å². The summed E-state index contributed by atoms with van der Waals surface area (Å²) in [5.74, 6) is 0.772. The van der Waals surface area contributed by atoms with E-state index in [-0.39, 0.29) is 35.8 Å². The number of nitrogens with zero attached hydrogens (tertiary/aromatic N) is 1. The van der Waals surface area contributed by atoms with Crippen molar-refractivity contribution in [2.75, 3.05) is 6.54 Å². The quantitative estimate of drug-likeness (QED) is 0.214. The molecule has 0 radical (unpaired) electrons. The Hall–Kier alpha value is -1.65. The summed E-state index contributed by atoms with van der Waals surface area (Å²) in [4.78, 5) is 4.69. The van der Waals surface area contributed by atoms with E-state index in [4.69, 9.17) is 0 Å². The summed E-state index contributed by atoms with van der Waals surface area (Å²) < 4.78 is 26.8. The Labute approximate surface area is 210 Å². The molecular weight excluding hydrogens is 535 g/mol. The van der Waals surface area contributed by atoms with Gasteiger partial charge in [-0.3, -0.25) is 0 Å². The molecule has 0 aromatic heterocycles. The highest BCUT2D eigenvalue weighted by atomic mass is 127. The van der Waals surface area contributed by atoms with Gasteiger partial charge < -0.3 is 10.6 Å². The van der Waals surface area contributed by atoms with Crippen molar-refractivity contribution in [3.63, 3.8) is 0 Å². The maximum absolute atomic E-state index is 12.1. The van der Waals surface area contributed by atoms with E-state index in [0.717, 1.165) is 36.5 Å². The highest BCUT2D eigenvalue weighted by Crippen LogP contribution is 2.10. The van der Waals surface area contributed by atoms with Crippen LogP contribution in [-0.2, 0) is 28.7 Å². The molecular formula is C24H37IN4O2S. The number of aryl methyl sites for hydroxylation is 1. The lowest BCUT2D eigenvalue weighted by Crippen LogP contribution is -2.42. The Balaban J connectivity index is 0.00000512. The minimum atomic E-state index is -3.32. The van der Waals surface area contributed by atoms with Gasteiger partial charge in [0.2, 0.25) is 10.0 Å². The molecule has 0 fully saturated rings. The van der Waals surface area contributed by atoms with Crippen molar-refractivity contribution in [2.45, 2.75) is 64.9 Å². The molecule has 0 aliphatic heterocycles. The lowest BCUT2D eigenvalue weighted by atomic mass is 10.1. The first-order chi connectivity index (χ1) is 14.8. The Morgan fingerprint density at radius 1 is 0.938 bits per heavy atom. The van der Waals surface area contributed by atoms with Crippen LogP contribution in [-0.4, -0.2) is 33.0 Å². The van der Waals surface area contributed by atoms with Crippen molar-refractivity contribution >= 4 is 40.0 Å². The first-order valence-corrected chi connectivity index (χ1v) is 12.6. The molecule has 6 nitrogen and oxygen atoms in total. The molecule has 2 aromatic rings. The summed E-state index contributed by atoms with van der Waals surface area (Å²) in [6, 6.07) is 18.2. The minimum absolute atomic E-state index is 0. The lowest BCUT2D eigenvalue weighted by Gasteiger charge is -2.18. The third-order valence-electron chi connectivity index (χ3n) is 4.65. The van der Waals surface area contributed by atoms with Crippen LogP contribution in [0, 0.1) is 0 Å². The summed E-state index contributed by atoms with van der Waals surface area (Å²) in [6.07, 6.45) is 2.03. The molecule has 0 spiro atoms. The van der Waals surface area contributed by atoms with E-state index in [1.54, 1.807) is 0 Å². The van der Waals surface area contributed by atoms with Gasteiger partial charge in [0.05, 0.1) is 12.3 Å². The van der Waals surface area contributed by atoms with Crippen LogP contribution >= 0.6 is 24.0 Å². The molecule has 178 valence electrons. The molecule has 0 bridgehead atoms. The second-order valence-corrected chi connectivity index (χ2v) is 9.87. The summed E-state index contributed by atoms with van der Waals surface area (Å²) in [7, 11) is -3.32. The lowest BCUT2D eigenvalue weighted by molar-refractivity contribution is 0.569. The predicted octanol–water partition coefficient (Wildman–Crippen LogP) is 4.21. The number of hydrogen-bond donors (Lipinski definition) is 3. The Morgan fingerprint density at radius 2 is 1.56 bits per heavy atom. The second-order valence-electron chi connectivity index (χ2n) is 8.11. The summed E-state index contributed by atoms with van der Waals surface area (Å²) >= 11 is 0. The van der Waals surface area contributed by atoms with Gasteiger partial charge in [0, 0.05) is 18.6 Å². The van der Waals surface area contributed by atoms with Crippen molar-refractivity contribution in [1.82, 2.24) is 15.4 Å². The maximum atomic E-state index is 12.1. The highest BCUT2D eigenvalue weighted by Gasteiger charge is 2.12. The monoisotopic (exact) mass is 572 g/mol. The van der Waals surface area contributed by atoms with E-state index < -0.39 is 10.0 Å². The standard InChI is InChI=1S/C24H36N4O2S.HI/c1-5-25-24(27-20(4)11-12-21-9-7-6-8-10-21)26-17-22-13-15-23(16-14-22)18-31(29,30)28-19(2)3;/h6-10,13-16,19-20,28H,5,11-12,17-18H2,1-4H3,(H2,25,26,27);1H. The van der Waals surface area contributed by atoms with Gasteiger partial charge in [0.1, 0.15) is 0 Å². The van der Waals surface area contributed by atoms with Gasteiger partial charge in [-0.1, -0.05) is 54.6 Å². The Morgan fingerprint density at radius 3 is 2.16 bits per heavy atom. The molecule has 2 aromatic carbocycles. The molecule has 0 saturated carbocycles. The van der Waals surface area contributed by atoms with E-state index >= 15 is 0 Å². The van der Waals surface area contributed by atoms with Gasteiger partial charge in [-0.15, -0.1) is 24.0 Å². The third kappa shape index (κ3) is 11.3. The normalized spacial score (nSPS) is 12.8. The number of hydrogen-bond acceptors (Lipinski definition) is 3. The Kier molecular flexibility index (Phi) is 12.9. The number of nitrogens with one attached hydrogen (secondary N) is 3. The molecule has 8 heteroatoms. The smallest absolute Gasteiger partial charge is 0.216 e. The van der Waals surface area contributed by atoms with Gasteiger partial charge in [-0.05, 0) is 57.2 Å². The molecule has 0 heterocycles. The molecule has 2 rings (SSSR count). The number of halogens is 1. The average molecular weight is 573 g/mol. The van der Waals surface area contributed by atoms with Crippen LogP contribution < -0.4 is 15.4 Å². The molecule has 0 aliphatic carbocycles. The number of sulfonamides is 1. The topological polar surface area (TPSA) is 82.6 Å². The molecule has 32 heavy (non-hydrogen) atoms. The van der Waals surface area contributed by atoms with Crippen LogP contribution in [0.25, 0.3) is 0 Å². The van der Waals surface area contributed by atoms with Crippen LogP contribution in [0.15, 0.2) is 59.6 Å². The number of benzene rings is 2. The van der Waals surface area contributed by atoms with Crippen LogP contribution in [0.3, 0.4) is 0 Å². The molecule has 0 amide bonds. The van der Waals surface area contributed by atoms with E-state index in [2.05, 4.69) is 51.5 Å². The summed E-state index contributed by atoms with van der Waals surface area (Å²) in [6.45, 7) is 9.16. The van der Waals surface area contributed by atoms with Gasteiger partial charge in [-0.2, -0.15) is 0 Å². The average Bonchev–Trinajstić information content (AvgIpc) is 2.71. The Bertz CT molecular complexity index is 917. The second kappa shape index (κ2) is 14.5. The van der Waals surface area contributed by atoms with E-state index in [1.165, 1.54) is 5.56 Å². The fourth-order valence-electron chi connectivity index (χ4n) is 3.18. The zero-order valence-corrected chi connectivity index (χ0v) is 22.6. The van der Waals surface area contributed by atoms with E-state index in [1.807, 2.05) is 51.1 Å². The maximum Gasteiger partial charge on any atom is 0.216 e. The number of guanidine groups is 1. The van der Waals surface area contributed by atoms with Crippen molar-refractivity contribution in [1.29, 1.82) is 0 Å². The summed E-state index contributed by atoms with van der Waals surface area (Å²) in [5.41, 5.74) is 3.14.